The van der Waals surface area contributed by atoms with Crippen molar-refractivity contribution in [1.82, 2.24) is 5.32 Å². The Morgan fingerprint density at radius 2 is 1.81 bits per heavy atom. The molecule has 0 saturated heterocycles. The number of benzene rings is 1. The lowest BCUT2D eigenvalue weighted by atomic mass is 9.79. The minimum absolute atomic E-state index is 0.0504. The molecule has 2 unspecified atom stereocenters. The second-order valence-electron chi connectivity index (χ2n) is 6.79. The molecule has 0 saturated carbocycles. The van der Waals surface area contributed by atoms with Crippen LogP contribution in [-0.2, 0) is 11.3 Å². The summed E-state index contributed by atoms with van der Waals surface area (Å²) < 4.78 is 1.85. The van der Waals surface area contributed by atoms with Gasteiger partial charge in [-0.1, -0.05) is 48.6 Å². The summed E-state index contributed by atoms with van der Waals surface area (Å²) in [5, 5.41) is 3.06. The molecule has 2 aromatic rings. The lowest BCUT2D eigenvalue weighted by molar-refractivity contribution is -0.684. The summed E-state index contributed by atoms with van der Waals surface area (Å²) in [6.45, 7) is 4.06. The molecule has 4 heteroatoms. The number of aromatic nitrogens is 1. The van der Waals surface area contributed by atoms with Gasteiger partial charge in [0.2, 0.25) is 12.3 Å². The topological polar surface area (TPSA) is 50.1 Å². The number of rotatable bonds is 5. The molecule has 1 aliphatic carbocycles. The number of ketones is 1. The van der Waals surface area contributed by atoms with Crippen LogP contribution in [-0.4, -0.2) is 17.2 Å². The molecule has 0 spiro atoms. The van der Waals surface area contributed by atoms with Gasteiger partial charge in [-0.2, -0.15) is 4.57 Å². The van der Waals surface area contributed by atoms with Crippen molar-refractivity contribution in [2.75, 3.05) is 0 Å². The molecule has 26 heavy (non-hydrogen) atoms. The van der Waals surface area contributed by atoms with Crippen molar-refractivity contribution in [1.29, 1.82) is 0 Å². The number of nitrogens with one attached hydrogen (secondary N) is 1. The van der Waals surface area contributed by atoms with Crippen LogP contribution in [0.25, 0.3) is 0 Å². The lowest BCUT2D eigenvalue weighted by Crippen LogP contribution is -2.54. The van der Waals surface area contributed by atoms with E-state index in [2.05, 4.69) is 5.32 Å². The van der Waals surface area contributed by atoms with Gasteiger partial charge in [-0.15, -0.1) is 0 Å². The van der Waals surface area contributed by atoms with Crippen molar-refractivity contribution in [2.24, 2.45) is 5.92 Å². The quantitative estimate of drug-likeness (QED) is 0.846. The smallest absolute Gasteiger partial charge is 0.252 e. The van der Waals surface area contributed by atoms with Gasteiger partial charge in [0.15, 0.2) is 12.4 Å². The molecular weight excluding hydrogens is 324 g/mol. The van der Waals surface area contributed by atoms with Gasteiger partial charge in [-0.3, -0.25) is 9.59 Å². The van der Waals surface area contributed by atoms with E-state index in [0.29, 0.717) is 5.56 Å². The number of carbonyl (C=O) groups excluding carboxylic acids is 2. The molecule has 1 N–H and O–H groups in total. The molecule has 4 nitrogen and oxygen atoms in total. The summed E-state index contributed by atoms with van der Waals surface area (Å²) in [5.74, 6) is -0.543. The van der Waals surface area contributed by atoms with Crippen molar-refractivity contribution in [3.63, 3.8) is 0 Å². The third-order valence-corrected chi connectivity index (χ3v) is 4.74. The zero-order valence-electron chi connectivity index (χ0n) is 15.1. The Labute approximate surface area is 153 Å². The predicted octanol–water partition coefficient (Wildman–Crippen LogP) is 2.78. The Kier molecular flexibility index (Phi) is 5.12. The molecule has 0 fully saturated rings. The second-order valence-corrected chi connectivity index (χ2v) is 6.79. The third-order valence-electron chi connectivity index (χ3n) is 4.74. The third kappa shape index (κ3) is 3.80. The van der Waals surface area contributed by atoms with E-state index in [4.69, 9.17) is 0 Å². The van der Waals surface area contributed by atoms with E-state index in [1.165, 1.54) is 0 Å². The molecule has 1 aliphatic rings. The van der Waals surface area contributed by atoms with E-state index >= 15 is 0 Å². The molecular formula is C22H23N2O2+. The fourth-order valence-corrected chi connectivity index (χ4v) is 3.25. The first-order chi connectivity index (χ1) is 12.5. The van der Waals surface area contributed by atoms with Crippen molar-refractivity contribution in [2.45, 2.75) is 25.9 Å². The second kappa shape index (κ2) is 7.48. The van der Waals surface area contributed by atoms with Gasteiger partial charge in [-0.25, -0.2) is 0 Å². The zero-order valence-corrected chi connectivity index (χ0v) is 15.1. The summed E-state index contributed by atoms with van der Waals surface area (Å²) in [7, 11) is 0. The van der Waals surface area contributed by atoms with Crippen molar-refractivity contribution >= 4 is 11.7 Å². The van der Waals surface area contributed by atoms with Gasteiger partial charge in [0.25, 0.3) is 5.91 Å². The Hall–Kier alpha value is -3.01. The van der Waals surface area contributed by atoms with E-state index in [1.54, 1.807) is 6.07 Å². The maximum atomic E-state index is 12.9. The highest BCUT2D eigenvalue weighted by Crippen LogP contribution is 2.26. The van der Waals surface area contributed by atoms with E-state index in [0.717, 1.165) is 5.56 Å². The van der Waals surface area contributed by atoms with Gasteiger partial charge in [0, 0.05) is 17.7 Å². The SMILES string of the molecule is Cc1ccccc1C(=O)NC1(C)C=CC=CC1C(=O)C[n+]1ccccc1. The molecule has 0 bridgehead atoms. The van der Waals surface area contributed by atoms with Crippen LogP contribution >= 0.6 is 0 Å². The highest BCUT2D eigenvalue weighted by atomic mass is 16.2. The molecule has 1 aromatic heterocycles. The monoisotopic (exact) mass is 347 g/mol. The lowest BCUT2D eigenvalue weighted by Gasteiger charge is -2.34. The highest BCUT2D eigenvalue weighted by Gasteiger charge is 2.39. The first-order valence-electron chi connectivity index (χ1n) is 8.70. The summed E-state index contributed by atoms with van der Waals surface area (Å²) in [4.78, 5) is 25.7. The maximum Gasteiger partial charge on any atom is 0.252 e. The van der Waals surface area contributed by atoms with Crippen LogP contribution in [0.15, 0.2) is 79.2 Å². The van der Waals surface area contributed by atoms with Gasteiger partial charge < -0.3 is 5.32 Å². The Morgan fingerprint density at radius 3 is 2.54 bits per heavy atom. The molecule has 1 amide bonds. The van der Waals surface area contributed by atoms with Gasteiger partial charge in [0.05, 0.1) is 11.5 Å². The van der Waals surface area contributed by atoms with Crippen LogP contribution in [0.4, 0.5) is 0 Å². The number of Topliss-reactive ketones (excluding diaryl/α,β-unsaturated/α-hetero) is 1. The average Bonchev–Trinajstić information content (AvgIpc) is 2.62. The number of hydrogen-bond acceptors (Lipinski definition) is 2. The fourth-order valence-electron chi connectivity index (χ4n) is 3.25. The van der Waals surface area contributed by atoms with Crippen LogP contribution < -0.4 is 9.88 Å². The van der Waals surface area contributed by atoms with Gasteiger partial charge in [-0.05, 0) is 25.5 Å². The van der Waals surface area contributed by atoms with E-state index in [9.17, 15) is 9.59 Å². The van der Waals surface area contributed by atoms with E-state index in [1.807, 2.05) is 91.5 Å². The average molecular weight is 347 g/mol. The van der Waals surface area contributed by atoms with Crippen molar-refractivity contribution in [3.05, 3.63) is 90.3 Å². The Bertz CT molecular complexity index is 871. The number of amides is 1. The first kappa shape index (κ1) is 17.8. The van der Waals surface area contributed by atoms with E-state index in [-0.39, 0.29) is 18.2 Å². The molecule has 0 radical (unpaired) electrons. The van der Waals surface area contributed by atoms with Crippen molar-refractivity contribution < 1.29 is 14.2 Å². The van der Waals surface area contributed by atoms with Crippen LogP contribution in [0.1, 0.15) is 22.8 Å². The molecule has 2 atom stereocenters. The minimum Gasteiger partial charge on any atom is -0.342 e. The summed E-state index contributed by atoms with van der Waals surface area (Å²) >= 11 is 0. The van der Waals surface area contributed by atoms with E-state index < -0.39 is 11.5 Å². The Balaban J connectivity index is 1.80. The Morgan fingerprint density at radius 1 is 1.08 bits per heavy atom. The number of hydrogen-bond donors (Lipinski definition) is 1. The summed E-state index contributed by atoms with van der Waals surface area (Å²) in [5.41, 5.74) is 0.771. The maximum absolute atomic E-state index is 12.9. The zero-order chi connectivity index (χ0) is 18.6. The number of pyridine rings is 1. The van der Waals surface area contributed by atoms with Gasteiger partial charge in [0.1, 0.15) is 0 Å². The number of carbonyl (C=O) groups is 2. The minimum atomic E-state index is -0.763. The molecule has 132 valence electrons. The predicted molar refractivity (Wildman–Crippen MR) is 100 cm³/mol. The molecule has 0 aliphatic heterocycles. The van der Waals surface area contributed by atoms with Crippen LogP contribution in [0.3, 0.4) is 0 Å². The number of aryl methyl sites for hydroxylation is 1. The standard InChI is InChI=1S/C22H22N2O2/c1-17-10-4-5-11-18(17)21(26)23-22(2)13-7-6-12-19(22)20(25)16-24-14-8-3-9-15-24/h3-15,19H,16H2,1-2H3/p+1. The van der Waals surface area contributed by atoms with Crippen molar-refractivity contribution in [3.8, 4) is 0 Å². The van der Waals surface area contributed by atoms with Crippen LogP contribution in [0.2, 0.25) is 0 Å². The summed E-state index contributed by atoms with van der Waals surface area (Å²) in [6, 6.07) is 13.1. The largest absolute Gasteiger partial charge is 0.342 e. The first-order valence-corrected chi connectivity index (χ1v) is 8.70. The normalized spacial score (nSPS) is 21.4. The summed E-state index contributed by atoms with van der Waals surface area (Å²) in [6.07, 6.45) is 11.2. The highest BCUT2D eigenvalue weighted by molar-refractivity contribution is 5.97. The molecule has 1 heterocycles. The molecule has 1 aromatic carbocycles. The number of nitrogens with zero attached hydrogens (tertiary/aromatic N) is 1. The number of allylic oxidation sites excluding steroid dienone is 2. The van der Waals surface area contributed by atoms with Crippen LogP contribution in [0, 0.1) is 12.8 Å². The van der Waals surface area contributed by atoms with Crippen LogP contribution in [0.5, 0.6) is 0 Å². The molecule has 3 rings (SSSR count). The van der Waals surface area contributed by atoms with Gasteiger partial charge >= 0.3 is 0 Å². The fraction of sp³-hybridized carbons (Fsp3) is 0.227.